The molecule has 138 valence electrons. The second kappa shape index (κ2) is 7.17. The Bertz CT molecular complexity index is 938. The van der Waals surface area contributed by atoms with Crippen molar-refractivity contribution in [3.63, 3.8) is 0 Å². The van der Waals surface area contributed by atoms with Crippen LogP contribution in [0.3, 0.4) is 0 Å². The van der Waals surface area contributed by atoms with Gasteiger partial charge in [0, 0.05) is 18.2 Å². The van der Waals surface area contributed by atoms with Crippen LogP contribution in [-0.4, -0.2) is 31.8 Å². The minimum Gasteiger partial charge on any atom is -0.465 e. The summed E-state index contributed by atoms with van der Waals surface area (Å²) in [7, 11) is -2.55. The van der Waals surface area contributed by atoms with Gasteiger partial charge in [0.05, 0.1) is 17.6 Å². The van der Waals surface area contributed by atoms with E-state index in [-0.39, 0.29) is 23.0 Å². The first-order chi connectivity index (χ1) is 12.3. The number of halogens is 1. The fourth-order valence-electron chi connectivity index (χ4n) is 2.88. The molecule has 0 spiro atoms. The van der Waals surface area contributed by atoms with Crippen LogP contribution in [0.1, 0.15) is 34.3 Å². The molecule has 0 amide bonds. The van der Waals surface area contributed by atoms with Gasteiger partial charge in [-0.05, 0) is 49.6 Å². The van der Waals surface area contributed by atoms with Gasteiger partial charge in [-0.1, -0.05) is 18.2 Å². The molecule has 0 atom stereocenters. The minimum absolute atomic E-state index is 0.0160. The molecule has 0 N–H and O–H groups in total. The molecule has 1 aliphatic rings. The van der Waals surface area contributed by atoms with Crippen molar-refractivity contribution in [2.45, 2.75) is 37.2 Å². The third-order valence-corrected chi connectivity index (χ3v) is 6.48. The highest BCUT2D eigenvalue weighted by Gasteiger charge is 2.39. The number of carbonyl (C=O) groups is 1. The molecular weight excluding hydrogens is 357 g/mol. The second-order valence-corrected chi connectivity index (χ2v) is 8.20. The number of hydrogen-bond donors (Lipinski definition) is 0. The fourth-order valence-corrected chi connectivity index (χ4v) is 4.75. The van der Waals surface area contributed by atoms with Crippen LogP contribution in [-0.2, 0) is 21.3 Å². The molecule has 0 radical (unpaired) electrons. The number of benzene rings is 2. The second-order valence-electron chi connectivity index (χ2n) is 6.34. The summed E-state index contributed by atoms with van der Waals surface area (Å²) < 4.78 is 46.4. The number of ether oxygens (including phenoxy) is 1. The molecule has 0 heterocycles. The van der Waals surface area contributed by atoms with Crippen molar-refractivity contribution in [2.24, 2.45) is 0 Å². The van der Waals surface area contributed by atoms with Crippen molar-refractivity contribution in [3.05, 3.63) is 65.0 Å². The smallest absolute Gasteiger partial charge is 0.337 e. The first-order valence-electron chi connectivity index (χ1n) is 8.29. The average Bonchev–Trinajstić information content (AvgIpc) is 3.44. The maximum Gasteiger partial charge on any atom is 0.337 e. The fraction of sp³-hybridized carbons (Fsp3) is 0.316. The van der Waals surface area contributed by atoms with E-state index in [9.17, 15) is 17.6 Å². The van der Waals surface area contributed by atoms with Gasteiger partial charge in [-0.2, -0.15) is 4.31 Å². The standard InChI is InChI=1S/C19H20FNO4S/c1-13-11-14(19(22)25-2)7-10-18(13)26(23,24)21(16-8-9-16)12-15-5-3-4-6-17(15)20/h3-7,10-11,16H,8-9,12H2,1-2H3. The quantitative estimate of drug-likeness (QED) is 0.725. The van der Waals surface area contributed by atoms with Gasteiger partial charge in [0.1, 0.15) is 5.82 Å². The summed E-state index contributed by atoms with van der Waals surface area (Å²) in [5.41, 5.74) is 1.08. The van der Waals surface area contributed by atoms with E-state index in [2.05, 4.69) is 4.74 Å². The normalized spacial score (nSPS) is 14.5. The van der Waals surface area contributed by atoms with E-state index >= 15 is 0 Å². The topological polar surface area (TPSA) is 63.7 Å². The zero-order chi connectivity index (χ0) is 18.9. The van der Waals surface area contributed by atoms with Crippen LogP contribution in [0.4, 0.5) is 4.39 Å². The molecule has 26 heavy (non-hydrogen) atoms. The summed E-state index contributed by atoms with van der Waals surface area (Å²) in [4.78, 5) is 11.8. The SMILES string of the molecule is COC(=O)c1ccc(S(=O)(=O)N(Cc2ccccc2F)C2CC2)c(C)c1. The number of hydrogen-bond acceptors (Lipinski definition) is 4. The first-order valence-corrected chi connectivity index (χ1v) is 9.73. The first kappa shape index (κ1) is 18.5. The monoisotopic (exact) mass is 377 g/mol. The Morgan fingerprint density at radius 3 is 2.50 bits per heavy atom. The molecule has 0 aromatic heterocycles. The number of methoxy groups -OCH3 is 1. The van der Waals surface area contributed by atoms with Crippen LogP contribution >= 0.6 is 0 Å². The summed E-state index contributed by atoms with van der Waals surface area (Å²) in [5.74, 6) is -0.950. The number of esters is 1. The Morgan fingerprint density at radius 1 is 1.23 bits per heavy atom. The molecule has 0 saturated heterocycles. The maximum atomic E-state index is 14.0. The molecule has 1 saturated carbocycles. The molecule has 2 aromatic carbocycles. The van der Waals surface area contributed by atoms with Gasteiger partial charge in [-0.15, -0.1) is 0 Å². The molecule has 5 nitrogen and oxygen atoms in total. The van der Waals surface area contributed by atoms with Crippen LogP contribution in [0.25, 0.3) is 0 Å². The Hall–Kier alpha value is -2.25. The van der Waals surface area contributed by atoms with E-state index in [1.54, 1.807) is 25.1 Å². The molecule has 7 heteroatoms. The van der Waals surface area contributed by atoms with Crippen LogP contribution in [0.2, 0.25) is 0 Å². The number of nitrogens with zero attached hydrogens (tertiary/aromatic N) is 1. The summed E-state index contributed by atoms with van der Waals surface area (Å²) in [5, 5.41) is 0. The lowest BCUT2D eigenvalue weighted by atomic mass is 10.1. The van der Waals surface area contributed by atoms with Crippen molar-refractivity contribution in [2.75, 3.05) is 7.11 Å². The van der Waals surface area contributed by atoms with E-state index in [4.69, 9.17) is 0 Å². The summed E-state index contributed by atoms with van der Waals surface area (Å²) in [6.07, 6.45) is 1.51. The highest BCUT2D eigenvalue weighted by atomic mass is 32.2. The Morgan fingerprint density at radius 2 is 1.92 bits per heavy atom. The van der Waals surface area contributed by atoms with E-state index < -0.39 is 21.8 Å². The Kier molecular flexibility index (Phi) is 5.11. The highest BCUT2D eigenvalue weighted by molar-refractivity contribution is 7.89. The number of sulfonamides is 1. The largest absolute Gasteiger partial charge is 0.465 e. The molecule has 0 aliphatic heterocycles. The van der Waals surface area contributed by atoms with Gasteiger partial charge < -0.3 is 4.74 Å². The molecule has 0 bridgehead atoms. The van der Waals surface area contributed by atoms with Crippen molar-refractivity contribution in [3.8, 4) is 0 Å². The predicted molar refractivity (Wildman–Crippen MR) is 94.7 cm³/mol. The van der Waals surface area contributed by atoms with Gasteiger partial charge in [-0.25, -0.2) is 17.6 Å². The van der Waals surface area contributed by atoms with Crippen molar-refractivity contribution < 1.29 is 22.3 Å². The lowest BCUT2D eigenvalue weighted by Gasteiger charge is -2.23. The zero-order valence-corrected chi connectivity index (χ0v) is 15.4. The third kappa shape index (κ3) is 3.64. The van der Waals surface area contributed by atoms with Gasteiger partial charge in [0.25, 0.3) is 0 Å². The summed E-state index contributed by atoms with van der Waals surface area (Å²) in [6, 6.07) is 10.4. The molecule has 2 aromatic rings. The van der Waals surface area contributed by atoms with Gasteiger partial charge >= 0.3 is 5.97 Å². The van der Waals surface area contributed by atoms with Gasteiger partial charge in [0.15, 0.2) is 0 Å². The third-order valence-electron chi connectivity index (χ3n) is 4.42. The predicted octanol–water partition coefficient (Wildman–Crippen LogP) is 3.27. The summed E-state index contributed by atoms with van der Waals surface area (Å²) in [6.45, 7) is 1.62. The molecule has 1 aliphatic carbocycles. The van der Waals surface area contributed by atoms with Crippen LogP contribution < -0.4 is 0 Å². The Balaban J connectivity index is 1.96. The number of rotatable bonds is 6. The van der Waals surface area contributed by atoms with Crippen LogP contribution in [0, 0.1) is 12.7 Å². The van der Waals surface area contributed by atoms with E-state index in [1.807, 2.05) is 0 Å². The summed E-state index contributed by atoms with van der Waals surface area (Å²) >= 11 is 0. The van der Waals surface area contributed by atoms with E-state index in [0.29, 0.717) is 11.1 Å². The molecular formula is C19H20FNO4S. The van der Waals surface area contributed by atoms with Crippen LogP contribution in [0.15, 0.2) is 47.4 Å². The van der Waals surface area contributed by atoms with Crippen LogP contribution in [0.5, 0.6) is 0 Å². The van der Waals surface area contributed by atoms with E-state index in [1.165, 1.54) is 35.7 Å². The lowest BCUT2D eigenvalue weighted by Crippen LogP contribution is -2.33. The maximum absolute atomic E-state index is 14.0. The minimum atomic E-state index is -3.82. The lowest BCUT2D eigenvalue weighted by molar-refractivity contribution is 0.0600. The van der Waals surface area contributed by atoms with Crippen molar-refractivity contribution in [1.29, 1.82) is 0 Å². The van der Waals surface area contributed by atoms with Gasteiger partial charge in [-0.3, -0.25) is 0 Å². The van der Waals surface area contributed by atoms with Crippen molar-refractivity contribution >= 4 is 16.0 Å². The Labute approximate surface area is 152 Å². The number of aryl methyl sites for hydroxylation is 1. The molecule has 1 fully saturated rings. The zero-order valence-electron chi connectivity index (χ0n) is 14.6. The van der Waals surface area contributed by atoms with Gasteiger partial charge in [0.2, 0.25) is 10.0 Å². The molecule has 3 rings (SSSR count). The van der Waals surface area contributed by atoms with Crippen molar-refractivity contribution in [1.82, 2.24) is 4.31 Å². The average molecular weight is 377 g/mol. The van der Waals surface area contributed by atoms with E-state index in [0.717, 1.165) is 12.8 Å². The number of carbonyl (C=O) groups excluding carboxylic acids is 1. The highest BCUT2D eigenvalue weighted by Crippen LogP contribution is 2.35. The molecule has 0 unspecified atom stereocenters.